The van der Waals surface area contributed by atoms with Gasteiger partial charge in [-0.3, -0.25) is 0 Å². The van der Waals surface area contributed by atoms with Crippen molar-refractivity contribution in [3.63, 3.8) is 0 Å². The average molecular weight is 298 g/mol. The van der Waals surface area contributed by atoms with E-state index in [0.717, 1.165) is 36.3 Å². The Balaban J connectivity index is 1.73. The fourth-order valence-corrected chi connectivity index (χ4v) is 2.82. The fraction of sp³-hybridized carbons (Fsp3) is 0.333. The van der Waals surface area contributed by atoms with Gasteiger partial charge in [0, 0.05) is 0 Å². The molecule has 2 unspecified atom stereocenters. The van der Waals surface area contributed by atoms with Crippen molar-refractivity contribution in [1.82, 2.24) is 0 Å². The minimum Gasteiger partial charge on any atom is -0.484 e. The van der Waals surface area contributed by atoms with E-state index >= 15 is 0 Å². The summed E-state index contributed by atoms with van der Waals surface area (Å²) in [7, 11) is 0. The molecule has 4 nitrogen and oxygen atoms in total. The molecule has 1 aliphatic carbocycles. The van der Waals surface area contributed by atoms with E-state index in [1.54, 1.807) is 0 Å². The van der Waals surface area contributed by atoms with Crippen molar-refractivity contribution < 1.29 is 9.47 Å². The summed E-state index contributed by atoms with van der Waals surface area (Å²) in [6, 6.07) is 13.4. The molecule has 4 heteroatoms. The van der Waals surface area contributed by atoms with Crippen LogP contribution >= 0.6 is 0 Å². The third kappa shape index (κ3) is 3.11. The third-order valence-electron chi connectivity index (χ3n) is 4.04. The Morgan fingerprint density at radius 3 is 2.23 bits per heavy atom. The predicted octanol–water partition coefficient (Wildman–Crippen LogP) is 3.54. The van der Waals surface area contributed by atoms with Gasteiger partial charge in [-0.25, -0.2) is 0 Å². The molecular weight excluding hydrogens is 276 g/mol. The number of hydrogen-bond acceptors (Lipinski definition) is 4. The van der Waals surface area contributed by atoms with E-state index in [4.69, 9.17) is 20.9 Å². The number of benzene rings is 2. The number of nitrogens with two attached hydrogens (primary N) is 2. The number of anilines is 2. The molecule has 2 atom stereocenters. The maximum atomic E-state index is 6.12. The zero-order valence-corrected chi connectivity index (χ0v) is 12.8. The molecule has 1 saturated carbocycles. The monoisotopic (exact) mass is 298 g/mol. The van der Waals surface area contributed by atoms with Crippen molar-refractivity contribution >= 4 is 11.4 Å². The van der Waals surface area contributed by atoms with E-state index in [1.165, 1.54) is 0 Å². The first kappa shape index (κ1) is 14.6. The minimum atomic E-state index is 0.00343. The lowest BCUT2D eigenvalue weighted by Crippen LogP contribution is -2.31. The van der Waals surface area contributed by atoms with Gasteiger partial charge >= 0.3 is 0 Å². The third-order valence-corrected chi connectivity index (χ3v) is 4.04. The van der Waals surface area contributed by atoms with E-state index in [1.807, 2.05) is 49.4 Å². The molecule has 0 aromatic heterocycles. The second-order valence-electron chi connectivity index (χ2n) is 5.82. The first-order chi connectivity index (χ1) is 10.6. The Bertz CT molecular complexity index is 657. The van der Waals surface area contributed by atoms with Crippen LogP contribution in [0.2, 0.25) is 0 Å². The highest BCUT2D eigenvalue weighted by molar-refractivity contribution is 5.54. The molecular formula is C18H22N2O2. The zero-order valence-electron chi connectivity index (χ0n) is 12.8. The molecule has 3 rings (SSSR count). The van der Waals surface area contributed by atoms with Crippen LogP contribution in [0.3, 0.4) is 0 Å². The SMILES string of the molecule is Cc1ccc(N)c(OC2CCCC2Oc2ccccc2N)c1. The number of nitrogen functional groups attached to an aromatic ring is 2. The van der Waals surface area contributed by atoms with Gasteiger partial charge in [0.15, 0.2) is 0 Å². The van der Waals surface area contributed by atoms with E-state index in [0.29, 0.717) is 11.4 Å². The van der Waals surface area contributed by atoms with Crippen molar-refractivity contribution in [3.8, 4) is 11.5 Å². The molecule has 1 fully saturated rings. The van der Waals surface area contributed by atoms with Crippen molar-refractivity contribution in [2.45, 2.75) is 38.4 Å². The molecule has 0 radical (unpaired) electrons. The van der Waals surface area contributed by atoms with Crippen molar-refractivity contribution in [1.29, 1.82) is 0 Å². The van der Waals surface area contributed by atoms with Gasteiger partial charge in [0.1, 0.15) is 23.7 Å². The quantitative estimate of drug-likeness (QED) is 0.847. The van der Waals surface area contributed by atoms with E-state index in [9.17, 15) is 0 Å². The van der Waals surface area contributed by atoms with Crippen LogP contribution in [-0.2, 0) is 0 Å². The van der Waals surface area contributed by atoms with E-state index in [-0.39, 0.29) is 12.2 Å². The molecule has 22 heavy (non-hydrogen) atoms. The lowest BCUT2D eigenvalue weighted by atomic mass is 10.2. The number of hydrogen-bond donors (Lipinski definition) is 2. The van der Waals surface area contributed by atoms with Crippen LogP contribution in [0, 0.1) is 6.92 Å². The number of aryl methyl sites for hydroxylation is 1. The number of rotatable bonds is 4. The minimum absolute atomic E-state index is 0.00343. The largest absolute Gasteiger partial charge is 0.484 e. The number of ether oxygens (including phenoxy) is 2. The standard InChI is InChI=1S/C18H22N2O2/c1-12-9-10-14(20)18(11-12)22-17-8-4-7-16(17)21-15-6-3-2-5-13(15)19/h2-3,5-6,9-11,16-17H,4,7-8,19-20H2,1H3. The summed E-state index contributed by atoms with van der Waals surface area (Å²) in [5.41, 5.74) is 14.4. The maximum Gasteiger partial charge on any atom is 0.143 e. The molecule has 116 valence electrons. The van der Waals surface area contributed by atoms with Gasteiger partial charge in [0.05, 0.1) is 11.4 Å². The van der Waals surface area contributed by atoms with Crippen molar-refractivity contribution in [2.75, 3.05) is 11.5 Å². The summed E-state index contributed by atoms with van der Waals surface area (Å²) >= 11 is 0. The molecule has 0 aliphatic heterocycles. The molecule has 2 aromatic rings. The van der Waals surface area contributed by atoms with Crippen LogP contribution in [0.15, 0.2) is 42.5 Å². The Morgan fingerprint density at radius 2 is 1.50 bits per heavy atom. The van der Waals surface area contributed by atoms with Gasteiger partial charge in [-0.1, -0.05) is 18.2 Å². The number of para-hydroxylation sites is 2. The Kier molecular flexibility index (Phi) is 4.09. The maximum absolute atomic E-state index is 6.12. The molecule has 0 heterocycles. The smallest absolute Gasteiger partial charge is 0.143 e. The molecule has 4 N–H and O–H groups in total. The van der Waals surface area contributed by atoms with Crippen LogP contribution in [0.25, 0.3) is 0 Å². The highest BCUT2D eigenvalue weighted by atomic mass is 16.5. The Morgan fingerprint density at radius 1 is 0.864 bits per heavy atom. The topological polar surface area (TPSA) is 70.5 Å². The van der Waals surface area contributed by atoms with Crippen molar-refractivity contribution in [2.24, 2.45) is 0 Å². The fourth-order valence-electron chi connectivity index (χ4n) is 2.82. The van der Waals surface area contributed by atoms with E-state index < -0.39 is 0 Å². The summed E-state index contributed by atoms with van der Waals surface area (Å²) in [5.74, 6) is 1.46. The van der Waals surface area contributed by atoms with Gasteiger partial charge in [-0.15, -0.1) is 0 Å². The second-order valence-corrected chi connectivity index (χ2v) is 5.82. The molecule has 0 saturated heterocycles. The van der Waals surface area contributed by atoms with Gasteiger partial charge in [0.25, 0.3) is 0 Å². The molecule has 0 bridgehead atoms. The lowest BCUT2D eigenvalue weighted by Gasteiger charge is -2.24. The van der Waals surface area contributed by atoms with Crippen molar-refractivity contribution in [3.05, 3.63) is 48.0 Å². The molecule has 0 amide bonds. The van der Waals surface area contributed by atoms with Gasteiger partial charge < -0.3 is 20.9 Å². The first-order valence-corrected chi connectivity index (χ1v) is 7.67. The highest BCUT2D eigenvalue weighted by Crippen LogP contribution is 2.32. The average Bonchev–Trinajstić information content (AvgIpc) is 2.92. The van der Waals surface area contributed by atoms with Gasteiger partial charge in [0.2, 0.25) is 0 Å². The summed E-state index contributed by atoms with van der Waals surface area (Å²) in [5, 5.41) is 0. The van der Waals surface area contributed by atoms with Crippen LogP contribution < -0.4 is 20.9 Å². The Labute approximate surface area is 131 Å². The summed E-state index contributed by atoms with van der Waals surface area (Å²) in [6.07, 6.45) is 3.01. The normalized spacial score (nSPS) is 20.8. The van der Waals surface area contributed by atoms with Crippen LogP contribution in [0.4, 0.5) is 11.4 Å². The summed E-state index contributed by atoms with van der Waals surface area (Å²) in [4.78, 5) is 0. The highest BCUT2D eigenvalue weighted by Gasteiger charge is 2.31. The molecule has 0 spiro atoms. The summed E-state index contributed by atoms with van der Waals surface area (Å²) in [6.45, 7) is 2.03. The van der Waals surface area contributed by atoms with Gasteiger partial charge in [-0.05, 0) is 56.0 Å². The predicted molar refractivity (Wildman–Crippen MR) is 89.1 cm³/mol. The molecule has 1 aliphatic rings. The molecule has 2 aromatic carbocycles. The van der Waals surface area contributed by atoms with Crippen LogP contribution in [-0.4, -0.2) is 12.2 Å². The second kappa shape index (κ2) is 6.18. The summed E-state index contributed by atoms with van der Waals surface area (Å²) < 4.78 is 12.2. The first-order valence-electron chi connectivity index (χ1n) is 7.67. The van der Waals surface area contributed by atoms with Gasteiger partial charge in [-0.2, -0.15) is 0 Å². The zero-order chi connectivity index (χ0) is 15.5. The lowest BCUT2D eigenvalue weighted by molar-refractivity contribution is 0.0790. The van der Waals surface area contributed by atoms with E-state index in [2.05, 4.69) is 0 Å². The van der Waals surface area contributed by atoms with Crippen LogP contribution in [0.1, 0.15) is 24.8 Å². The van der Waals surface area contributed by atoms with Crippen LogP contribution in [0.5, 0.6) is 11.5 Å². The Hall–Kier alpha value is -2.36.